The van der Waals surface area contributed by atoms with E-state index in [1.54, 1.807) is 11.3 Å². The normalized spacial score (nSPS) is 12.0. The molecule has 0 amide bonds. The zero-order valence-corrected chi connectivity index (χ0v) is 11.1. The molecule has 0 aromatic carbocycles. The fourth-order valence-corrected chi connectivity index (χ4v) is 2.35. The average molecular weight is 282 g/mol. The van der Waals surface area contributed by atoms with Gasteiger partial charge in [0.05, 0.1) is 12.9 Å². The Bertz CT molecular complexity index is 600. The summed E-state index contributed by atoms with van der Waals surface area (Å²) < 4.78 is 15.2. The molecule has 2 heterocycles. The van der Waals surface area contributed by atoms with E-state index in [1.165, 1.54) is 20.5 Å². The van der Waals surface area contributed by atoms with Gasteiger partial charge in [0, 0.05) is 18.0 Å². The Labute approximate surface area is 113 Å². The topological polar surface area (TPSA) is 65.8 Å². The van der Waals surface area contributed by atoms with E-state index in [0.29, 0.717) is 18.4 Å². The lowest BCUT2D eigenvalue weighted by Gasteiger charge is -2.01. The largest absolute Gasteiger partial charge is 0.346 e. The number of aryl methyl sites for hydroxylation is 2. The van der Waals surface area contributed by atoms with Gasteiger partial charge in [0.25, 0.3) is 0 Å². The summed E-state index contributed by atoms with van der Waals surface area (Å²) in [6, 6.07) is 4.00. The lowest BCUT2D eigenvalue weighted by atomic mass is 10.3. The van der Waals surface area contributed by atoms with E-state index in [1.807, 2.05) is 17.5 Å². The van der Waals surface area contributed by atoms with Crippen molar-refractivity contribution in [2.75, 3.05) is 6.54 Å². The van der Waals surface area contributed by atoms with Crippen LogP contribution in [0.15, 0.2) is 40.5 Å². The molecule has 5 nitrogen and oxygen atoms in total. The number of rotatable bonds is 6. The maximum atomic E-state index is 12.4. The quantitative estimate of drug-likeness (QED) is 0.864. The number of nitrogens with two attached hydrogens (primary N) is 1. The minimum absolute atomic E-state index is 0.0744. The van der Waals surface area contributed by atoms with E-state index in [9.17, 15) is 9.18 Å². The van der Waals surface area contributed by atoms with E-state index in [4.69, 9.17) is 5.73 Å². The van der Waals surface area contributed by atoms with Crippen molar-refractivity contribution in [1.82, 2.24) is 14.3 Å². The van der Waals surface area contributed by atoms with Gasteiger partial charge >= 0.3 is 5.69 Å². The first-order chi connectivity index (χ1) is 9.24. The van der Waals surface area contributed by atoms with Gasteiger partial charge in [-0.25, -0.2) is 13.9 Å². The van der Waals surface area contributed by atoms with Crippen molar-refractivity contribution in [2.45, 2.75) is 19.5 Å². The summed E-state index contributed by atoms with van der Waals surface area (Å²) in [4.78, 5) is 13.2. The minimum atomic E-state index is -0.246. The second-order valence-electron chi connectivity index (χ2n) is 4.07. The summed E-state index contributed by atoms with van der Waals surface area (Å²) >= 11 is 1.65. The molecule has 2 aromatic heterocycles. The molecule has 0 spiro atoms. The van der Waals surface area contributed by atoms with Crippen molar-refractivity contribution in [3.63, 3.8) is 0 Å². The number of thiophene rings is 1. The Balaban J connectivity index is 2.04. The zero-order valence-electron chi connectivity index (χ0n) is 10.3. The maximum absolute atomic E-state index is 12.4. The molecule has 0 bridgehead atoms. The van der Waals surface area contributed by atoms with Crippen LogP contribution >= 0.6 is 11.3 Å². The molecule has 2 aromatic rings. The van der Waals surface area contributed by atoms with Crippen molar-refractivity contribution in [3.8, 4) is 0 Å². The zero-order chi connectivity index (χ0) is 13.7. The lowest BCUT2D eigenvalue weighted by molar-refractivity contribution is 0.594. The SMILES string of the molecule is NC/C(=C\F)Cn1ncn(CCc2cccs2)c1=O. The Hall–Kier alpha value is -1.73. The van der Waals surface area contributed by atoms with Crippen LogP contribution in [0.2, 0.25) is 0 Å². The van der Waals surface area contributed by atoms with Crippen LogP contribution in [0.25, 0.3) is 0 Å². The Kier molecular flexibility index (Phi) is 4.64. The predicted octanol–water partition coefficient (Wildman–Crippen LogP) is 1.16. The standard InChI is InChI=1S/C12H15FN4OS/c13-6-10(7-14)8-17-12(18)16(9-15-17)4-3-11-2-1-5-19-11/h1-2,5-6,9H,3-4,7-8,14H2/b10-6+. The lowest BCUT2D eigenvalue weighted by Crippen LogP contribution is -2.27. The van der Waals surface area contributed by atoms with Crippen LogP contribution in [0.3, 0.4) is 0 Å². The smallest absolute Gasteiger partial charge is 0.327 e. The molecule has 0 saturated heterocycles. The summed E-state index contributed by atoms with van der Waals surface area (Å²) in [6.45, 7) is 0.736. The van der Waals surface area contributed by atoms with Crippen LogP contribution in [0, 0.1) is 0 Å². The molecule has 0 radical (unpaired) electrons. The molecule has 0 aliphatic heterocycles. The molecule has 7 heteroatoms. The van der Waals surface area contributed by atoms with E-state index in [2.05, 4.69) is 5.10 Å². The highest BCUT2D eigenvalue weighted by molar-refractivity contribution is 7.09. The Morgan fingerprint density at radius 3 is 3.05 bits per heavy atom. The van der Waals surface area contributed by atoms with Crippen molar-refractivity contribution in [2.24, 2.45) is 5.73 Å². The van der Waals surface area contributed by atoms with Gasteiger partial charge in [-0.2, -0.15) is 5.10 Å². The van der Waals surface area contributed by atoms with Crippen LogP contribution in [0.1, 0.15) is 4.88 Å². The third-order valence-corrected chi connectivity index (χ3v) is 3.68. The molecule has 0 saturated carbocycles. The van der Waals surface area contributed by atoms with Gasteiger partial charge in [-0.05, 0) is 23.4 Å². The first-order valence-corrected chi connectivity index (χ1v) is 6.75. The summed E-state index contributed by atoms with van der Waals surface area (Å²) in [5.74, 6) is 0. The fraction of sp³-hybridized carbons (Fsp3) is 0.333. The first-order valence-electron chi connectivity index (χ1n) is 5.87. The number of hydrogen-bond donors (Lipinski definition) is 1. The molecule has 0 fully saturated rings. The van der Waals surface area contributed by atoms with Gasteiger partial charge in [-0.15, -0.1) is 11.3 Å². The molecule has 0 unspecified atom stereocenters. The second-order valence-corrected chi connectivity index (χ2v) is 5.10. The van der Waals surface area contributed by atoms with Crippen molar-refractivity contribution in [3.05, 3.63) is 51.1 Å². The van der Waals surface area contributed by atoms with Gasteiger partial charge < -0.3 is 5.73 Å². The predicted molar refractivity (Wildman–Crippen MR) is 72.8 cm³/mol. The van der Waals surface area contributed by atoms with Crippen LogP contribution in [-0.4, -0.2) is 20.9 Å². The van der Waals surface area contributed by atoms with Gasteiger partial charge in [0.2, 0.25) is 0 Å². The Morgan fingerprint density at radius 2 is 2.42 bits per heavy atom. The van der Waals surface area contributed by atoms with Crippen LogP contribution in [0.5, 0.6) is 0 Å². The molecule has 19 heavy (non-hydrogen) atoms. The highest BCUT2D eigenvalue weighted by Gasteiger charge is 2.07. The van der Waals surface area contributed by atoms with Crippen molar-refractivity contribution < 1.29 is 4.39 Å². The number of hydrogen-bond acceptors (Lipinski definition) is 4. The molecule has 0 aliphatic carbocycles. The highest BCUT2D eigenvalue weighted by atomic mass is 32.1. The monoisotopic (exact) mass is 282 g/mol. The molecule has 102 valence electrons. The fourth-order valence-electron chi connectivity index (χ4n) is 1.65. The minimum Gasteiger partial charge on any atom is -0.327 e. The van der Waals surface area contributed by atoms with Crippen molar-refractivity contribution >= 4 is 11.3 Å². The first kappa shape index (κ1) is 13.7. The van der Waals surface area contributed by atoms with E-state index in [-0.39, 0.29) is 18.8 Å². The maximum Gasteiger partial charge on any atom is 0.346 e. The van der Waals surface area contributed by atoms with E-state index >= 15 is 0 Å². The number of halogens is 1. The summed E-state index contributed by atoms with van der Waals surface area (Å²) in [7, 11) is 0. The van der Waals surface area contributed by atoms with Gasteiger partial charge in [0.1, 0.15) is 6.33 Å². The van der Waals surface area contributed by atoms with E-state index < -0.39 is 0 Å². The molecule has 2 rings (SSSR count). The molecule has 0 atom stereocenters. The molecular formula is C12H15FN4OS. The van der Waals surface area contributed by atoms with E-state index in [0.717, 1.165) is 6.42 Å². The Morgan fingerprint density at radius 1 is 1.58 bits per heavy atom. The molecule has 2 N–H and O–H groups in total. The summed E-state index contributed by atoms with van der Waals surface area (Å²) in [5.41, 5.74) is 5.45. The van der Waals surface area contributed by atoms with Gasteiger partial charge in [0.15, 0.2) is 0 Å². The molecular weight excluding hydrogens is 267 g/mol. The average Bonchev–Trinajstić information content (AvgIpc) is 3.05. The molecule has 0 aliphatic rings. The van der Waals surface area contributed by atoms with Crippen molar-refractivity contribution in [1.29, 1.82) is 0 Å². The summed E-state index contributed by atoms with van der Waals surface area (Å²) in [5, 5.41) is 5.96. The van der Waals surface area contributed by atoms with Crippen LogP contribution < -0.4 is 11.4 Å². The third-order valence-electron chi connectivity index (χ3n) is 2.75. The summed E-state index contributed by atoms with van der Waals surface area (Å²) in [6.07, 6.45) is 2.69. The second kappa shape index (κ2) is 6.44. The van der Waals surface area contributed by atoms with Crippen LogP contribution in [0.4, 0.5) is 4.39 Å². The van der Waals surface area contributed by atoms with Crippen LogP contribution in [-0.2, 0) is 19.5 Å². The number of nitrogens with zero attached hydrogens (tertiary/aromatic N) is 3. The third kappa shape index (κ3) is 3.39. The highest BCUT2D eigenvalue weighted by Crippen LogP contribution is 2.09. The number of aromatic nitrogens is 3. The van der Waals surface area contributed by atoms with Gasteiger partial charge in [-0.3, -0.25) is 4.57 Å². The van der Waals surface area contributed by atoms with Gasteiger partial charge in [-0.1, -0.05) is 6.07 Å².